The Morgan fingerprint density at radius 2 is 1.56 bits per heavy atom. The van der Waals surface area contributed by atoms with Crippen molar-refractivity contribution in [3.05, 3.63) is 96.1 Å². The zero-order valence-corrected chi connectivity index (χ0v) is 17.5. The Kier molecular flexibility index (Phi) is 5.03. The van der Waals surface area contributed by atoms with Gasteiger partial charge in [-0.3, -0.25) is 14.9 Å². The van der Waals surface area contributed by atoms with Crippen LogP contribution in [0.15, 0.2) is 89.3 Å². The number of oxazole rings is 1. The standard InChI is InChI=1S/C26H21N3O3/c1-29-16-21(19-14-8-9-15-20(19)25(29)31)24(30)28-26-27-22(17-10-4-2-5-11-17)23(32-26)18-12-6-3-7-13-18/h2-15,21H,16H2,1H3,(H,27,28,30). The first kappa shape index (κ1) is 19.8. The van der Waals surface area contributed by atoms with Crippen LogP contribution in [0.5, 0.6) is 0 Å². The van der Waals surface area contributed by atoms with Gasteiger partial charge in [0.05, 0.1) is 5.92 Å². The summed E-state index contributed by atoms with van der Waals surface area (Å²) in [4.78, 5) is 31.9. The molecule has 158 valence electrons. The van der Waals surface area contributed by atoms with Crippen molar-refractivity contribution >= 4 is 17.8 Å². The molecule has 1 atom stereocenters. The molecule has 1 aliphatic heterocycles. The average molecular weight is 423 g/mol. The number of hydrogen-bond donors (Lipinski definition) is 1. The predicted molar refractivity (Wildman–Crippen MR) is 122 cm³/mol. The van der Waals surface area contributed by atoms with Gasteiger partial charge < -0.3 is 9.32 Å². The van der Waals surface area contributed by atoms with E-state index in [1.165, 1.54) is 0 Å². The molecule has 32 heavy (non-hydrogen) atoms. The molecule has 2 heterocycles. The number of carbonyl (C=O) groups excluding carboxylic acids is 2. The number of amides is 2. The summed E-state index contributed by atoms with van der Waals surface area (Å²) in [6.45, 7) is 0.291. The molecule has 3 aromatic carbocycles. The van der Waals surface area contributed by atoms with Crippen LogP contribution in [-0.2, 0) is 4.79 Å². The van der Waals surface area contributed by atoms with E-state index in [2.05, 4.69) is 10.3 Å². The Morgan fingerprint density at radius 1 is 0.938 bits per heavy atom. The van der Waals surface area contributed by atoms with E-state index in [-0.39, 0.29) is 17.8 Å². The van der Waals surface area contributed by atoms with Gasteiger partial charge in [-0.1, -0.05) is 78.9 Å². The van der Waals surface area contributed by atoms with Crippen LogP contribution < -0.4 is 5.32 Å². The van der Waals surface area contributed by atoms with Crippen molar-refractivity contribution in [3.63, 3.8) is 0 Å². The molecule has 0 saturated carbocycles. The second-order valence-corrected chi connectivity index (χ2v) is 7.74. The Labute approximate surface area is 185 Å². The number of likely N-dealkylation sites (N-methyl/N-ethyl adjacent to an activating group) is 1. The number of benzene rings is 3. The SMILES string of the molecule is CN1CC(C(=O)Nc2nc(-c3ccccc3)c(-c3ccccc3)o2)c2ccccc2C1=O. The zero-order chi connectivity index (χ0) is 22.1. The third-order valence-corrected chi connectivity index (χ3v) is 5.63. The number of carbonyl (C=O) groups is 2. The molecule has 1 aliphatic rings. The van der Waals surface area contributed by atoms with Crippen molar-refractivity contribution in [2.24, 2.45) is 0 Å². The minimum absolute atomic E-state index is 0.0847. The average Bonchev–Trinajstić information content (AvgIpc) is 3.26. The van der Waals surface area contributed by atoms with Crippen molar-refractivity contribution < 1.29 is 14.0 Å². The van der Waals surface area contributed by atoms with Gasteiger partial charge in [-0.25, -0.2) is 0 Å². The predicted octanol–water partition coefficient (Wildman–Crippen LogP) is 4.82. The van der Waals surface area contributed by atoms with Crippen LogP contribution in [0.2, 0.25) is 0 Å². The van der Waals surface area contributed by atoms with E-state index < -0.39 is 5.92 Å². The number of hydrogen-bond acceptors (Lipinski definition) is 4. The second-order valence-electron chi connectivity index (χ2n) is 7.74. The fourth-order valence-corrected chi connectivity index (χ4v) is 4.02. The van der Waals surface area contributed by atoms with Gasteiger partial charge in [0, 0.05) is 30.3 Å². The Hall–Kier alpha value is -4.19. The summed E-state index contributed by atoms with van der Waals surface area (Å²) in [6, 6.07) is 26.7. The second kappa shape index (κ2) is 8.15. The maximum absolute atomic E-state index is 13.2. The van der Waals surface area contributed by atoms with Gasteiger partial charge >= 0.3 is 6.01 Å². The van der Waals surface area contributed by atoms with E-state index in [0.717, 1.165) is 11.1 Å². The normalized spacial score (nSPS) is 15.3. The number of nitrogens with zero attached hydrogens (tertiary/aromatic N) is 2. The summed E-state index contributed by atoms with van der Waals surface area (Å²) in [5, 5.41) is 2.83. The molecule has 0 spiro atoms. The maximum Gasteiger partial charge on any atom is 0.302 e. The molecule has 5 rings (SSSR count). The Morgan fingerprint density at radius 3 is 2.28 bits per heavy atom. The highest BCUT2D eigenvalue weighted by molar-refractivity contribution is 6.03. The van der Waals surface area contributed by atoms with Crippen molar-refractivity contribution in [3.8, 4) is 22.6 Å². The molecule has 4 aromatic rings. The molecular formula is C26H21N3O3. The maximum atomic E-state index is 13.2. The molecular weight excluding hydrogens is 402 g/mol. The monoisotopic (exact) mass is 423 g/mol. The minimum atomic E-state index is -0.513. The third-order valence-electron chi connectivity index (χ3n) is 5.63. The van der Waals surface area contributed by atoms with E-state index in [9.17, 15) is 9.59 Å². The van der Waals surface area contributed by atoms with Crippen LogP contribution in [0.3, 0.4) is 0 Å². The smallest absolute Gasteiger partial charge is 0.302 e. The van der Waals surface area contributed by atoms with Crippen LogP contribution >= 0.6 is 0 Å². The highest BCUT2D eigenvalue weighted by Gasteiger charge is 2.34. The van der Waals surface area contributed by atoms with Gasteiger partial charge in [-0.2, -0.15) is 4.98 Å². The van der Waals surface area contributed by atoms with Crippen molar-refractivity contribution in [2.45, 2.75) is 5.92 Å². The summed E-state index contributed by atoms with van der Waals surface area (Å²) in [7, 11) is 1.70. The molecule has 1 aromatic heterocycles. The van der Waals surface area contributed by atoms with E-state index in [1.807, 2.05) is 72.8 Å². The molecule has 6 nitrogen and oxygen atoms in total. The Bertz CT molecular complexity index is 1230. The van der Waals surface area contributed by atoms with E-state index in [4.69, 9.17) is 4.42 Å². The quantitative estimate of drug-likeness (QED) is 0.511. The molecule has 1 unspecified atom stereocenters. The van der Waals surface area contributed by atoms with Gasteiger partial charge in [-0.05, 0) is 11.6 Å². The molecule has 1 N–H and O–H groups in total. The number of rotatable bonds is 4. The summed E-state index contributed by atoms with van der Waals surface area (Å²) in [5.74, 6) is -0.277. The molecule has 0 radical (unpaired) electrons. The first-order chi connectivity index (χ1) is 15.6. The summed E-state index contributed by atoms with van der Waals surface area (Å²) >= 11 is 0. The first-order valence-electron chi connectivity index (χ1n) is 10.4. The molecule has 6 heteroatoms. The molecule has 0 saturated heterocycles. The number of aromatic nitrogens is 1. The number of fused-ring (bicyclic) bond motifs is 1. The minimum Gasteiger partial charge on any atom is -0.423 e. The van der Waals surface area contributed by atoms with Crippen molar-refractivity contribution in [1.29, 1.82) is 0 Å². The van der Waals surface area contributed by atoms with E-state index >= 15 is 0 Å². The topological polar surface area (TPSA) is 75.4 Å². The fraction of sp³-hybridized carbons (Fsp3) is 0.115. The van der Waals surface area contributed by atoms with Gasteiger partial charge in [0.25, 0.3) is 5.91 Å². The van der Waals surface area contributed by atoms with Gasteiger partial charge in [-0.15, -0.1) is 0 Å². The van der Waals surface area contributed by atoms with Gasteiger partial charge in [0.2, 0.25) is 5.91 Å². The third kappa shape index (κ3) is 3.56. The molecule has 2 amide bonds. The highest BCUT2D eigenvalue weighted by Crippen LogP contribution is 2.35. The van der Waals surface area contributed by atoms with Crippen molar-refractivity contribution in [1.82, 2.24) is 9.88 Å². The fourth-order valence-electron chi connectivity index (χ4n) is 4.02. The lowest BCUT2D eigenvalue weighted by molar-refractivity contribution is -0.118. The zero-order valence-electron chi connectivity index (χ0n) is 17.5. The molecule has 0 fully saturated rings. The lowest BCUT2D eigenvalue weighted by Crippen LogP contribution is -2.41. The molecule has 0 aliphatic carbocycles. The van der Waals surface area contributed by atoms with Crippen LogP contribution in [0.25, 0.3) is 22.6 Å². The lowest BCUT2D eigenvalue weighted by Gasteiger charge is -2.30. The van der Waals surface area contributed by atoms with E-state index in [0.29, 0.717) is 29.1 Å². The number of anilines is 1. The number of nitrogens with one attached hydrogen (secondary N) is 1. The van der Waals surface area contributed by atoms with E-state index in [1.54, 1.807) is 24.1 Å². The van der Waals surface area contributed by atoms with Crippen molar-refractivity contribution in [2.75, 3.05) is 18.9 Å². The Balaban J connectivity index is 1.50. The largest absolute Gasteiger partial charge is 0.423 e. The van der Waals surface area contributed by atoms with Gasteiger partial charge in [0.1, 0.15) is 5.69 Å². The van der Waals surface area contributed by atoms with Crippen LogP contribution in [-0.4, -0.2) is 35.3 Å². The van der Waals surface area contributed by atoms with Gasteiger partial charge in [0.15, 0.2) is 5.76 Å². The lowest BCUT2D eigenvalue weighted by atomic mass is 9.89. The summed E-state index contributed by atoms with van der Waals surface area (Å²) in [6.07, 6.45) is 0. The van der Waals surface area contributed by atoms with Crippen LogP contribution in [0.4, 0.5) is 6.01 Å². The highest BCUT2D eigenvalue weighted by atomic mass is 16.4. The first-order valence-corrected chi connectivity index (χ1v) is 10.4. The van der Waals surface area contributed by atoms with Crippen LogP contribution in [0.1, 0.15) is 21.8 Å². The van der Waals surface area contributed by atoms with Crippen LogP contribution in [0, 0.1) is 0 Å². The molecule has 0 bridgehead atoms. The summed E-state index contributed by atoms with van der Waals surface area (Å²) in [5.41, 5.74) is 3.68. The summed E-state index contributed by atoms with van der Waals surface area (Å²) < 4.78 is 6.03.